The van der Waals surface area contributed by atoms with Crippen molar-refractivity contribution in [1.82, 2.24) is 29.9 Å². The van der Waals surface area contributed by atoms with Gasteiger partial charge in [0.1, 0.15) is 11.9 Å². The van der Waals surface area contributed by atoms with E-state index < -0.39 is 0 Å². The standard InChI is InChI=1S/C19H20N6O2/c1-14-20-10-7-18(22-14)27-16-8-11-24(12-9-16)19(26)17-13-21-25(23-17)15-5-3-2-4-6-15/h2-7,10,13,16H,8-9,11-12H2,1H3. The largest absolute Gasteiger partial charge is 0.474 e. The molecule has 0 unspecified atom stereocenters. The summed E-state index contributed by atoms with van der Waals surface area (Å²) in [5.41, 5.74) is 1.17. The monoisotopic (exact) mass is 364 g/mol. The van der Waals surface area contributed by atoms with Crippen LogP contribution in [0.3, 0.4) is 0 Å². The van der Waals surface area contributed by atoms with Gasteiger partial charge in [-0.2, -0.15) is 14.9 Å². The highest BCUT2D eigenvalue weighted by Crippen LogP contribution is 2.18. The Morgan fingerprint density at radius 2 is 1.93 bits per heavy atom. The van der Waals surface area contributed by atoms with Crippen LogP contribution in [0.1, 0.15) is 29.2 Å². The Balaban J connectivity index is 1.35. The summed E-state index contributed by atoms with van der Waals surface area (Å²) >= 11 is 0. The van der Waals surface area contributed by atoms with Crippen LogP contribution in [0.25, 0.3) is 5.69 Å². The summed E-state index contributed by atoms with van der Waals surface area (Å²) in [7, 11) is 0. The first-order valence-corrected chi connectivity index (χ1v) is 8.92. The minimum absolute atomic E-state index is 0.0448. The number of aryl methyl sites for hydroxylation is 1. The van der Waals surface area contributed by atoms with Gasteiger partial charge >= 0.3 is 0 Å². The lowest BCUT2D eigenvalue weighted by Gasteiger charge is -2.31. The molecule has 1 amide bonds. The molecule has 2 aromatic heterocycles. The highest BCUT2D eigenvalue weighted by molar-refractivity contribution is 5.92. The Hall–Kier alpha value is -3.29. The van der Waals surface area contributed by atoms with Gasteiger partial charge in [-0.05, 0) is 19.1 Å². The number of rotatable bonds is 4. The molecule has 27 heavy (non-hydrogen) atoms. The summed E-state index contributed by atoms with van der Waals surface area (Å²) in [6.45, 7) is 3.06. The van der Waals surface area contributed by atoms with Crippen LogP contribution >= 0.6 is 0 Å². The molecule has 1 fully saturated rings. The minimum atomic E-state index is -0.103. The molecule has 3 heterocycles. The lowest BCUT2D eigenvalue weighted by atomic mass is 10.1. The van der Waals surface area contributed by atoms with Crippen LogP contribution < -0.4 is 4.74 Å². The molecule has 0 aliphatic carbocycles. The highest BCUT2D eigenvalue weighted by Gasteiger charge is 2.26. The Morgan fingerprint density at radius 3 is 2.67 bits per heavy atom. The van der Waals surface area contributed by atoms with Gasteiger partial charge in [-0.15, -0.1) is 5.10 Å². The number of benzene rings is 1. The summed E-state index contributed by atoms with van der Waals surface area (Å²) in [5, 5.41) is 8.52. The average molecular weight is 364 g/mol. The third-order valence-electron chi connectivity index (χ3n) is 4.47. The van der Waals surface area contributed by atoms with E-state index >= 15 is 0 Å². The first-order chi connectivity index (χ1) is 13.2. The Labute approximate surface area is 156 Å². The van der Waals surface area contributed by atoms with Gasteiger partial charge in [0.2, 0.25) is 5.88 Å². The van der Waals surface area contributed by atoms with Gasteiger partial charge in [-0.1, -0.05) is 18.2 Å². The van der Waals surface area contributed by atoms with Crippen molar-refractivity contribution < 1.29 is 9.53 Å². The second-order valence-electron chi connectivity index (χ2n) is 6.41. The molecule has 1 aromatic carbocycles. The van der Waals surface area contributed by atoms with E-state index in [4.69, 9.17) is 4.74 Å². The average Bonchev–Trinajstić information content (AvgIpc) is 3.19. The van der Waals surface area contributed by atoms with Gasteiger partial charge in [-0.3, -0.25) is 4.79 Å². The smallest absolute Gasteiger partial charge is 0.276 e. The number of para-hydroxylation sites is 1. The normalized spacial score (nSPS) is 14.9. The Kier molecular flexibility index (Phi) is 4.78. The maximum absolute atomic E-state index is 12.7. The van der Waals surface area contributed by atoms with E-state index in [1.165, 1.54) is 11.0 Å². The molecule has 138 valence electrons. The second-order valence-corrected chi connectivity index (χ2v) is 6.41. The van der Waals surface area contributed by atoms with Crippen molar-refractivity contribution in [2.24, 2.45) is 0 Å². The molecule has 0 atom stereocenters. The van der Waals surface area contributed by atoms with Crippen molar-refractivity contribution in [2.45, 2.75) is 25.9 Å². The summed E-state index contributed by atoms with van der Waals surface area (Å²) in [6, 6.07) is 11.3. The zero-order valence-electron chi connectivity index (χ0n) is 15.0. The molecule has 0 radical (unpaired) electrons. The van der Waals surface area contributed by atoms with Crippen molar-refractivity contribution >= 4 is 5.91 Å². The molecule has 1 aliphatic rings. The number of nitrogens with zero attached hydrogens (tertiary/aromatic N) is 6. The predicted molar refractivity (Wildman–Crippen MR) is 97.7 cm³/mol. The second kappa shape index (κ2) is 7.53. The minimum Gasteiger partial charge on any atom is -0.474 e. The summed E-state index contributed by atoms with van der Waals surface area (Å²) in [6.07, 6.45) is 4.75. The molecule has 3 aromatic rings. The summed E-state index contributed by atoms with van der Waals surface area (Å²) in [5.74, 6) is 1.16. The van der Waals surface area contributed by atoms with E-state index in [2.05, 4.69) is 20.2 Å². The van der Waals surface area contributed by atoms with E-state index in [9.17, 15) is 4.79 Å². The molecule has 0 bridgehead atoms. The first kappa shape index (κ1) is 17.1. The molecular weight excluding hydrogens is 344 g/mol. The molecular formula is C19H20N6O2. The number of amides is 1. The van der Waals surface area contributed by atoms with Gasteiger partial charge in [0.15, 0.2) is 5.69 Å². The van der Waals surface area contributed by atoms with Crippen molar-refractivity contribution in [1.29, 1.82) is 0 Å². The molecule has 8 heteroatoms. The number of ether oxygens (including phenoxy) is 1. The fourth-order valence-electron chi connectivity index (χ4n) is 3.06. The van der Waals surface area contributed by atoms with Crippen LogP contribution in [0.2, 0.25) is 0 Å². The molecule has 1 aliphatic heterocycles. The van der Waals surface area contributed by atoms with Crippen molar-refractivity contribution in [3.05, 3.63) is 60.3 Å². The van der Waals surface area contributed by atoms with E-state index in [-0.39, 0.29) is 12.0 Å². The molecule has 0 spiro atoms. The quantitative estimate of drug-likeness (QED) is 0.704. The summed E-state index contributed by atoms with van der Waals surface area (Å²) < 4.78 is 5.91. The Morgan fingerprint density at radius 1 is 1.15 bits per heavy atom. The van der Waals surface area contributed by atoms with Crippen LogP contribution in [0.4, 0.5) is 0 Å². The molecule has 0 N–H and O–H groups in total. The van der Waals surface area contributed by atoms with Crippen LogP contribution in [0.15, 0.2) is 48.8 Å². The van der Waals surface area contributed by atoms with Crippen LogP contribution in [-0.2, 0) is 0 Å². The van der Waals surface area contributed by atoms with Crippen molar-refractivity contribution in [2.75, 3.05) is 13.1 Å². The van der Waals surface area contributed by atoms with Gasteiger partial charge in [0.05, 0.1) is 11.9 Å². The Bertz CT molecular complexity index is 919. The zero-order valence-corrected chi connectivity index (χ0v) is 15.0. The highest BCUT2D eigenvalue weighted by atomic mass is 16.5. The van der Waals surface area contributed by atoms with Crippen LogP contribution in [0.5, 0.6) is 5.88 Å². The fourth-order valence-corrected chi connectivity index (χ4v) is 3.06. The van der Waals surface area contributed by atoms with Gasteiger partial charge in [0, 0.05) is 38.2 Å². The number of likely N-dealkylation sites (tertiary alicyclic amines) is 1. The van der Waals surface area contributed by atoms with E-state index in [0.717, 1.165) is 18.5 Å². The van der Waals surface area contributed by atoms with Crippen molar-refractivity contribution in [3.8, 4) is 11.6 Å². The predicted octanol–water partition coefficient (Wildman–Crippen LogP) is 2.05. The molecule has 8 nitrogen and oxygen atoms in total. The molecule has 1 saturated heterocycles. The topological polar surface area (TPSA) is 86.0 Å². The zero-order chi connectivity index (χ0) is 18.6. The maximum atomic E-state index is 12.7. The third kappa shape index (κ3) is 3.94. The number of hydrogen-bond acceptors (Lipinski definition) is 6. The van der Waals surface area contributed by atoms with Crippen molar-refractivity contribution in [3.63, 3.8) is 0 Å². The van der Waals surface area contributed by atoms with Gasteiger partial charge < -0.3 is 9.64 Å². The number of carbonyl (C=O) groups excluding carboxylic acids is 1. The lowest BCUT2D eigenvalue weighted by Crippen LogP contribution is -2.42. The fraction of sp³-hybridized carbons (Fsp3) is 0.316. The number of carbonyl (C=O) groups is 1. The summed E-state index contributed by atoms with van der Waals surface area (Å²) in [4.78, 5) is 24.3. The number of aromatic nitrogens is 5. The molecule has 4 rings (SSSR count). The maximum Gasteiger partial charge on any atom is 0.276 e. The lowest BCUT2D eigenvalue weighted by molar-refractivity contribution is 0.0581. The van der Waals surface area contributed by atoms with E-state index in [1.807, 2.05) is 37.3 Å². The first-order valence-electron chi connectivity index (χ1n) is 8.92. The van der Waals surface area contributed by atoms with Gasteiger partial charge in [-0.25, -0.2) is 4.98 Å². The van der Waals surface area contributed by atoms with E-state index in [0.29, 0.717) is 30.5 Å². The van der Waals surface area contributed by atoms with Gasteiger partial charge in [0.25, 0.3) is 5.91 Å². The van der Waals surface area contributed by atoms with E-state index in [1.54, 1.807) is 17.2 Å². The SMILES string of the molecule is Cc1nccc(OC2CCN(C(=O)c3cnn(-c4ccccc4)n3)CC2)n1. The third-order valence-corrected chi connectivity index (χ3v) is 4.47. The van der Waals surface area contributed by atoms with Crippen LogP contribution in [-0.4, -0.2) is 55.0 Å². The molecule has 0 saturated carbocycles. The van der Waals surface area contributed by atoms with Crippen LogP contribution in [0, 0.1) is 6.92 Å². The number of hydrogen-bond donors (Lipinski definition) is 0. The number of piperidine rings is 1.